The highest BCUT2D eigenvalue weighted by molar-refractivity contribution is 6.05. The number of carboxylic acid groups (broad SMARTS) is 1. The lowest BCUT2D eigenvalue weighted by Gasteiger charge is -2.28. The van der Waals surface area contributed by atoms with Crippen LogP contribution in [0.4, 0.5) is 5.69 Å². The van der Waals surface area contributed by atoms with Gasteiger partial charge < -0.3 is 19.6 Å². The van der Waals surface area contributed by atoms with Gasteiger partial charge in [-0.1, -0.05) is 26.8 Å². The summed E-state index contributed by atoms with van der Waals surface area (Å²) >= 11 is 0. The maximum absolute atomic E-state index is 13.5. The second kappa shape index (κ2) is 9.91. The molecule has 2 heterocycles. The summed E-state index contributed by atoms with van der Waals surface area (Å²) in [5, 5.41) is 17.6. The van der Waals surface area contributed by atoms with E-state index in [1.807, 2.05) is 37.2 Å². The van der Waals surface area contributed by atoms with Gasteiger partial charge in [0.2, 0.25) is 0 Å². The van der Waals surface area contributed by atoms with E-state index in [9.17, 15) is 9.59 Å². The number of hydrogen-bond donors (Lipinski definition) is 2. The number of benzene rings is 1. The molecule has 1 aliphatic heterocycles. The fourth-order valence-electron chi connectivity index (χ4n) is 4.49. The van der Waals surface area contributed by atoms with Gasteiger partial charge in [0.1, 0.15) is 17.3 Å². The van der Waals surface area contributed by atoms with Gasteiger partial charge in [0.05, 0.1) is 18.8 Å². The molecule has 8 heteroatoms. The molecule has 8 nitrogen and oxygen atoms in total. The maximum atomic E-state index is 13.5. The summed E-state index contributed by atoms with van der Waals surface area (Å²) in [6, 6.07) is 7.83. The van der Waals surface area contributed by atoms with Crippen LogP contribution in [-0.2, 0) is 16.8 Å². The van der Waals surface area contributed by atoms with E-state index in [1.165, 1.54) is 0 Å². The minimum atomic E-state index is -0.850. The second-order valence-electron chi connectivity index (χ2n) is 11.0. The Bertz CT molecular complexity index is 1190. The number of aromatic nitrogens is 1. The first-order valence-corrected chi connectivity index (χ1v) is 12.5. The van der Waals surface area contributed by atoms with Crippen molar-refractivity contribution >= 4 is 23.3 Å². The molecule has 4 rings (SSSR count). The number of rotatable bonds is 10. The Morgan fingerprint density at radius 2 is 1.94 bits per heavy atom. The average Bonchev–Trinajstić information content (AvgIpc) is 3.61. The topological polar surface area (TPSA) is 107 Å². The third-order valence-corrected chi connectivity index (χ3v) is 6.69. The number of carbonyl (C=O) groups is 2. The number of aliphatic carboxylic acids is 1. The van der Waals surface area contributed by atoms with Crippen LogP contribution < -0.4 is 9.64 Å². The molecule has 0 amide bonds. The Morgan fingerprint density at radius 3 is 2.56 bits per heavy atom. The summed E-state index contributed by atoms with van der Waals surface area (Å²) in [6.45, 7) is 7.09. The van der Waals surface area contributed by atoms with Crippen molar-refractivity contribution in [2.75, 3.05) is 32.1 Å². The normalized spacial score (nSPS) is 15.1. The SMILES string of the molecule is CN(C)c1cc(C(=O)CN2Cc3ccc(C4CC4)nc3C2=N)cc(C(C)(C)C)c1OCCCC(=O)O. The van der Waals surface area contributed by atoms with Crippen molar-refractivity contribution in [2.24, 2.45) is 0 Å². The van der Waals surface area contributed by atoms with Crippen LogP contribution in [0.3, 0.4) is 0 Å². The largest absolute Gasteiger partial charge is 0.491 e. The van der Waals surface area contributed by atoms with E-state index in [0.717, 1.165) is 35.3 Å². The van der Waals surface area contributed by atoms with Crippen LogP contribution in [0, 0.1) is 5.41 Å². The van der Waals surface area contributed by atoms with E-state index < -0.39 is 5.97 Å². The van der Waals surface area contributed by atoms with E-state index in [4.69, 9.17) is 20.2 Å². The molecule has 192 valence electrons. The fourth-order valence-corrected chi connectivity index (χ4v) is 4.49. The lowest BCUT2D eigenvalue weighted by Crippen LogP contribution is -2.31. The molecule has 1 aromatic carbocycles. The summed E-state index contributed by atoms with van der Waals surface area (Å²) in [5.74, 6) is 0.581. The van der Waals surface area contributed by atoms with Gasteiger partial charge in [0.25, 0.3) is 0 Å². The first kappa shape index (κ1) is 25.7. The molecule has 1 aromatic heterocycles. The van der Waals surface area contributed by atoms with Crippen molar-refractivity contribution < 1.29 is 19.4 Å². The minimum Gasteiger partial charge on any atom is -0.491 e. The van der Waals surface area contributed by atoms with E-state index in [2.05, 4.69) is 26.8 Å². The van der Waals surface area contributed by atoms with Crippen LogP contribution in [0.25, 0.3) is 0 Å². The summed E-state index contributed by atoms with van der Waals surface area (Å²) < 4.78 is 6.10. The molecule has 2 aliphatic rings. The van der Waals surface area contributed by atoms with Gasteiger partial charge in [0, 0.05) is 55.4 Å². The van der Waals surface area contributed by atoms with E-state index in [-0.39, 0.29) is 30.8 Å². The zero-order chi connectivity index (χ0) is 26.2. The molecule has 0 radical (unpaired) electrons. The van der Waals surface area contributed by atoms with Crippen molar-refractivity contribution in [1.29, 1.82) is 5.41 Å². The number of nitrogens with one attached hydrogen (secondary N) is 1. The predicted octanol–water partition coefficient (Wildman–Crippen LogP) is 4.59. The average molecular weight is 493 g/mol. The van der Waals surface area contributed by atoms with Crippen LogP contribution in [0.2, 0.25) is 0 Å². The van der Waals surface area contributed by atoms with Crippen molar-refractivity contribution in [3.8, 4) is 5.75 Å². The quantitative estimate of drug-likeness (QED) is 0.369. The summed E-state index contributed by atoms with van der Waals surface area (Å²) in [4.78, 5) is 32.8. The highest BCUT2D eigenvalue weighted by Crippen LogP contribution is 2.41. The molecule has 0 spiro atoms. The number of ketones is 1. The van der Waals surface area contributed by atoms with Gasteiger partial charge >= 0.3 is 5.97 Å². The number of carbonyl (C=O) groups excluding carboxylic acids is 1. The van der Waals surface area contributed by atoms with Crippen LogP contribution >= 0.6 is 0 Å². The molecule has 1 fully saturated rings. The molecule has 2 N–H and O–H groups in total. The Morgan fingerprint density at radius 1 is 1.22 bits per heavy atom. The lowest BCUT2D eigenvalue weighted by molar-refractivity contribution is -0.137. The number of amidine groups is 1. The third kappa shape index (κ3) is 5.53. The first-order valence-electron chi connectivity index (χ1n) is 12.5. The molecule has 0 unspecified atom stereocenters. The summed E-state index contributed by atoms with van der Waals surface area (Å²) in [7, 11) is 3.80. The molecule has 1 saturated carbocycles. The zero-order valence-corrected chi connectivity index (χ0v) is 21.9. The Kier molecular flexibility index (Phi) is 7.07. The first-order chi connectivity index (χ1) is 17.0. The number of anilines is 1. The maximum Gasteiger partial charge on any atom is 0.303 e. The second-order valence-corrected chi connectivity index (χ2v) is 11.0. The smallest absolute Gasteiger partial charge is 0.303 e. The highest BCUT2D eigenvalue weighted by Gasteiger charge is 2.32. The number of ether oxygens (including phenoxy) is 1. The number of nitrogens with zero attached hydrogens (tertiary/aromatic N) is 3. The summed E-state index contributed by atoms with van der Waals surface area (Å²) in [5.41, 5.74) is 4.67. The van der Waals surface area contributed by atoms with E-state index in [1.54, 1.807) is 4.90 Å². The molecule has 1 aliphatic carbocycles. The lowest BCUT2D eigenvalue weighted by atomic mass is 9.84. The van der Waals surface area contributed by atoms with Gasteiger partial charge in [-0.2, -0.15) is 0 Å². The molecule has 0 saturated heterocycles. The van der Waals surface area contributed by atoms with E-state index >= 15 is 0 Å². The number of carboxylic acids is 1. The third-order valence-electron chi connectivity index (χ3n) is 6.69. The van der Waals surface area contributed by atoms with Crippen molar-refractivity contribution in [1.82, 2.24) is 9.88 Å². The predicted molar refractivity (Wildman–Crippen MR) is 140 cm³/mol. The van der Waals surface area contributed by atoms with E-state index in [0.29, 0.717) is 41.7 Å². The number of fused-ring (bicyclic) bond motifs is 1. The monoisotopic (exact) mass is 492 g/mol. The molecular formula is C28H36N4O4. The molecule has 0 atom stereocenters. The number of Topliss-reactive ketones (excluding diaryl/α,β-unsaturated/α-hetero) is 1. The summed E-state index contributed by atoms with van der Waals surface area (Å²) in [6.07, 6.45) is 2.76. The van der Waals surface area contributed by atoms with Gasteiger partial charge in [-0.25, -0.2) is 4.98 Å². The minimum absolute atomic E-state index is 0.0416. The molecular weight excluding hydrogens is 456 g/mol. The molecule has 36 heavy (non-hydrogen) atoms. The number of hydrogen-bond acceptors (Lipinski definition) is 6. The van der Waals surface area contributed by atoms with Crippen LogP contribution in [-0.4, -0.2) is 59.8 Å². The van der Waals surface area contributed by atoms with Crippen molar-refractivity contribution in [3.63, 3.8) is 0 Å². The van der Waals surface area contributed by atoms with Gasteiger partial charge in [-0.15, -0.1) is 0 Å². The van der Waals surface area contributed by atoms with Gasteiger partial charge in [-0.05, 0) is 42.9 Å². The highest BCUT2D eigenvalue weighted by atomic mass is 16.5. The van der Waals surface area contributed by atoms with Crippen molar-refractivity contribution in [3.05, 3.63) is 52.3 Å². The Balaban J connectivity index is 1.57. The molecule has 0 bridgehead atoms. The van der Waals surface area contributed by atoms with Gasteiger partial charge in [0.15, 0.2) is 5.78 Å². The van der Waals surface area contributed by atoms with Crippen LogP contribution in [0.5, 0.6) is 5.75 Å². The Hall–Kier alpha value is -3.42. The van der Waals surface area contributed by atoms with Crippen molar-refractivity contribution in [2.45, 2.75) is 64.3 Å². The zero-order valence-electron chi connectivity index (χ0n) is 21.9. The standard InChI is InChI=1S/C28H36N4O4/c1-28(2,3)20-13-19(14-22(31(4)5)26(20)36-12-6-7-24(34)35)23(33)16-32-15-18-10-11-21(17-8-9-17)30-25(18)27(32)29/h10-11,13-14,17,29H,6-9,12,15-16H2,1-5H3,(H,34,35). The fraction of sp³-hybridized carbons (Fsp3) is 0.500. The molecule has 2 aromatic rings. The number of pyridine rings is 1. The van der Waals surface area contributed by atoms with Gasteiger partial charge in [-0.3, -0.25) is 15.0 Å². The van der Waals surface area contributed by atoms with Crippen LogP contribution in [0.1, 0.15) is 85.2 Å². The van der Waals surface area contributed by atoms with Crippen LogP contribution in [0.15, 0.2) is 24.3 Å². The Labute approximate surface area is 212 Å².